The molecule has 0 aliphatic rings. The standard InChI is InChI=1S/C19H17NO4S/c21-19(22)13-10-14-8-11-16(12-9-14)25(23,24)20-18-7-3-5-15-4-1-2-6-17(15)18/h1-9,11-12,20H,10,13H2,(H,21,22). The molecule has 0 radical (unpaired) electrons. The van der Waals surface area contributed by atoms with Gasteiger partial charge in [0.2, 0.25) is 0 Å². The maximum Gasteiger partial charge on any atom is 0.303 e. The van der Waals surface area contributed by atoms with Crippen LogP contribution >= 0.6 is 0 Å². The molecule has 0 aromatic heterocycles. The first-order chi connectivity index (χ1) is 12.0. The molecule has 0 fully saturated rings. The van der Waals surface area contributed by atoms with Gasteiger partial charge >= 0.3 is 5.97 Å². The number of sulfonamides is 1. The molecule has 2 N–H and O–H groups in total. The van der Waals surface area contributed by atoms with E-state index in [1.54, 1.807) is 24.3 Å². The van der Waals surface area contributed by atoms with Crippen molar-refractivity contribution in [2.45, 2.75) is 17.7 Å². The highest BCUT2D eigenvalue weighted by molar-refractivity contribution is 7.92. The smallest absolute Gasteiger partial charge is 0.303 e. The van der Waals surface area contributed by atoms with Crippen LogP contribution in [0.3, 0.4) is 0 Å². The van der Waals surface area contributed by atoms with Crippen molar-refractivity contribution in [3.8, 4) is 0 Å². The van der Waals surface area contributed by atoms with Gasteiger partial charge in [-0.05, 0) is 35.6 Å². The molecule has 0 aliphatic carbocycles. The zero-order valence-electron chi connectivity index (χ0n) is 13.3. The fourth-order valence-corrected chi connectivity index (χ4v) is 3.68. The molecule has 3 rings (SSSR count). The highest BCUT2D eigenvalue weighted by Gasteiger charge is 2.15. The third-order valence-corrected chi connectivity index (χ3v) is 5.28. The van der Waals surface area contributed by atoms with Crippen LogP contribution in [0.5, 0.6) is 0 Å². The minimum absolute atomic E-state index is 0.0142. The van der Waals surface area contributed by atoms with Gasteiger partial charge in [0, 0.05) is 11.8 Å². The first-order valence-corrected chi connectivity index (χ1v) is 9.25. The number of hydrogen-bond donors (Lipinski definition) is 2. The number of carboxylic acids is 1. The molecule has 0 spiro atoms. The molecular weight excluding hydrogens is 338 g/mol. The summed E-state index contributed by atoms with van der Waals surface area (Å²) in [4.78, 5) is 10.7. The largest absolute Gasteiger partial charge is 0.481 e. The van der Waals surface area contributed by atoms with Crippen LogP contribution in [0.1, 0.15) is 12.0 Å². The van der Waals surface area contributed by atoms with Crippen LogP contribution in [0.15, 0.2) is 71.6 Å². The quantitative estimate of drug-likeness (QED) is 0.707. The number of carbonyl (C=O) groups is 1. The van der Waals surface area contributed by atoms with E-state index < -0.39 is 16.0 Å². The molecule has 0 unspecified atom stereocenters. The highest BCUT2D eigenvalue weighted by atomic mass is 32.2. The average Bonchev–Trinajstić information content (AvgIpc) is 2.60. The first-order valence-electron chi connectivity index (χ1n) is 7.77. The fourth-order valence-electron chi connectivity index (χ4n) is 2.60. The van der Waals surface area contributed by atoms with Crippen LogP contribution < -0.4 is 4.72 Å². The Morgan fingerprint density at radius 1 is 0.920 bits per heavy atom. The van der Waals surface area contributed by atoms with E-state index in [0.717, 1.165) is 16.3 Å². The van der Waals surface area contributed by atoms with Gasteiger partial charge in [-0.15, -0.1) is 0 Å². The molecule has 128 valence electrons. The number of rotatable bonds is 6. The predicted molar refractivity (Wildman–Crippen MR) is 97.2 cm³/mol. The molecule has 5 nitrogen and oxygen atoms in total. The van der Waals surface area contributed by atoms with Gasteiger partial charge in [0.25, 0.3) is 10.0 Å². The minimum Gasteiger partial charge on any atom is -0.481 e. The maximum absolute atomic E-state index is 12.6. The Balaban J connectivity index is 1.85. The maximum atomic E-state index is 12.6. The van der Waals surface area contributed by atoms with E-state index in [-0.39, 0.29) is 11.3 Å². The van der Waals surface area contributed by atoms with Crippen molar-refractivity contribution < 1.29 is 18.3 Å². The molecular formula is C19H17NO4S. The third-order valence-electron chi connectivity index (χ3n) is 3.90. The van der Waals surface area contributed by atoms with Crippen molar-refractivity contribution in [2.24, 2.45) is 0 Å². The van der Waals surface area contributed by atoms with Crippen LogP contribution in [0, 0.1) is 0 Å². The number of carboxylic acid groups (broad SMARTS) is 1. The number of benzene rings is 3. The molecule has 0 atom stereocenters. The van der Waals surface area contributed by atoms with Crippen molar-refractivity contribution in [2.75, 3.05) is 4.72 Å². The van der Waals surface area contributed by atoms with Gasteiger partial charge in [0.1, 0.15) is 0 Å². The zero-order chi connectivity index (χ0) is 17.9. The molecule has 6 heteroatoms. The van der Waals surface area contributed by atoms with Gasteiger partial charge in [0.15, 0.2) is 0 Å². The Labute approximate surface area is 146 Å². The summed E-state index contributed by atoms with van der Waals surface area (Å²) in [5.74, 6) is -0.880. The normalized spacial score (nSPS) is 11.4. The molecule has 0 saturated heterocycles. The van der Waals surface area contributed by atoms with Gasteiger partial charge in [-0.1, -0.05) is 48.5 Å². The van der Waals surface area contributed by atoms with Crippen LogP contribution in [-0.2, 0) is 21.2 Å². The number of aliphatic carboxylic acids is 1. The lowest BCUT2D eigenvalue weighted by molar-refractivity contribution is -0.136. The van der Waals surface area contributed by atoms with Crippen molar-refractivity contribution in [1.29, 1.82) is 0 Å². The summed E-state index contributed by atoms with van der Waals surface area (Å²) in [6.45, 7) is 0. The van der Waals surface area contributed by atoms with Crippen molar-refractivity contribution >= 4 is 32.5 Å². The molecule has 3 aromatic carbocycles. The SMILES string of the molecule is O=C(O)CCc1ccc(S(=O)(=O)Nc2cccc3ccccc23)cc1. The topological polar surface area (TPSA) is 83.5 Å². The summed E-state index contributed by atoms with van der Waals surface area (Å²) in [6.07, 6.45) is 0.382. The summed E-state index contributed by atoms with van der Waals surface area (Å²) >= 11 is 0. The predicted octanol–water partition coefficient (Wildman–Crippen LogP) is 3.66. The monoisotopic (exact) mass is 355 g/mol. The van der Waals surface area contributed by atoms with Crippen LogP contribution in [0.25, 0.3) is 10.8 Å². The van der Waals surface area contributed by atoms with Gasteiger partial charge in [-0.2, -0.15) is 0 Å². The summed E-state index contributed by atoms with van der Waals surface area (Å²) in [5, 5.41) is 10.5. The van der Waals surface area contributed by atoms with Gasteiger partial charge in [0.05, 0.1) is 10.6 Å². The van der Waals surface area contributed by atoms with Crippen molar-refractivity contribution in [3.63, 3.8) is 0 Å². The van der Waals surface area contributed by atoms with E-state index in [0.29, 0.717) is 12.1 Å². The van der Waals surface area contributed by atoms with Crippen molar-refractivity contribution in [1.82, 2.24) is 0 Å². The summed E-state index contributed by atoms with van der Waals surface area (Å²) in [5.41, 5.74) is 1.31. The Bertz CT molecular complexity index is 1010. The van der Waals surface area contributed by atoms with Gasteiger partial charge in [-0.25, -0.2) is 8.42 Å². The van der Waals surface area contributed by atoms with Crippen molar-refractivity contribution in [3.05, 3.63) is 72.3 Å². The molecule has 0 saturated carbocycles. The van der Waals surface area contributed by atoms with E-state index in [1.807, 2.05) is 30.3 Å². The lowest BCUT2D eigenvalue weighted by Crippen LogP contribution is -2.13. The molecule has 0 amide bonds. The molecule has 0 bridgehead atoms. The number of anilines is 1. The lowest BCUT2D eigenvalue weighted by atomic mass is 10.1. The number of aryl methyl sites for hydroxylation is 1. The molecule has 25 heavy (non-hydrogen) atoms. The molecule has 3 aromatic rings. The van der Waals surface area contributed by atoms with Gasteiger partial charge < -0.3 is 5.11 Å². The Kier molecular flexibility index (Phi) is 4.72. The fraction of sp³-hybridized carbons (Fsp3) is 0.105. The number of fused-ring (bicyclic) bond motifs is 1. The second-order valence-corrected chi connectivity index (χ2v) is 7.35. The zero-order valence-corrected chi connectivity index (χ0v) is 14.2. The Morgan fingerprint density at radius 3 is 2.32 bits per heavy atom. The molecule has 0 heterocycles. The Hall–Kier alpha value is -2.86. The van der Waals surface area contributed by atoms with E-state index in [1.165, 1.54) is 12.1 Å². The number of hydrogen-bond acceptors (Lipinski definition) is 3. The third kappa shape index (κ3) is 3.97. The summed E-state index contributed by atoms with van der Waals surface area (Å²) in [7, 11) is -3.72. The highest BCUT2D eigenvalue weighted by Crippen LogP contribution is 2.25. The molecule has 0 aliphatic heterocycles. The summed E-state index contributed by atoms with van der Waals surface area (Å²) in [6, 6.07) is 19.2. The van der Waals surface area contributed by atoms with Crippen LogP contribution in [0.2, 0.25) is 0 Å². The Morgan fingerprint density at radius 2 is 1.60 bits per heavy atom. The van der Waals surface area contributed by atoms with Crippen LogP contribution in [-0.4, -0.2) is 19.5 Å². The van der Waals surface area contributed by atoms with E-state index in [9.17, 15) is 13.2 Å². The van der Waals surface area contributed by atoms with Crippen LogP contribution in [0.4, 0.5) is 5.69 Å². The average molecular weight is 355 g/mol. The van der Waals surface area contributed by atoms with E-state index in [4.69, 9.17) is 5.11 Å². The number of nitrogens with one attached hydrogen (secondary N) is 1. The minimum atomic E-state index is -3.72. The second kappa shape index (κ2) is 6.94. The second-order valence-electron chi connectivity index (χ2n) is 5.67. The van der Waals surface area contributed by atoms with Gasteiger partial charge in [-0.3, -0.25) is 9.52 Å². The first kappa shape index (κ1) is 17.0. The lowest BCUT2D eigenvalue weighted by Gasteiger charge is -2.11. The van der Waals surface area contributed by atoms with E-state index >= 15 is 0 Å². The summed E-state index contributed by atoms with van der Waals surface area (Å²) < 4.78 is 27.9. The van der Waals surface area contributed by atoms with E-state index in [2.05, 4.69) is 4.72 Å².